The molecule has 16 heavy (non-hydrogen) atoms. The third-order valence-corrected chi connectivity index (χ3v) is 3.87. The van der Waals surface area contributed by atoms with Crippen LogP contribution in [0, 0.1) is 5.92 Å². The minimum atomic E-state index is 0.152. The van der Waals surface area contributed by atoms with Crippen LogP contribution in [0.2, 0.25) is 0 Å². The van der Waals surface area contributed by atoms with Gasteiger partial charge >= 0.3 is 0 Å². The summed E-state index contributed by atoms with van der Waals surface area (Å²) in [6.45, 7) is 4.03. The summed E-state index contributed by atoms with van der Waals surface area (Å²) in [5.41, 5.74) is 0.775. The number of hydrogen-bond acceptors (Lipinski definition) is 1. The molecule has 1 aromatic carbocycles. The van der Waals surface area contributed by atoms with Crippen LogP contribution >= 0.6 is 15.9 Å². The van der Waals surface area contributed by atoms with Gasteiger partial charge in [-0.25, -0.2) is 0 Å². The molecule has 0 saturated carbocycles. The van der Waals surface area contributed by atoms with E-state index >= 15 is 0 Å². The van der Waals surface area contributed by atoms with E-state index in [1.807, 2.05) is 29.2 Å². The molecule has 1 aliphatic rings. The Labute approximate surface area is 105 Å². The van der Waals surface area contributed by atoms with Crippen LogP contribution in [-0.4, -0.2) is 23.9 Å². The molecule has 1 aliphatic heterocycles. The molecule has 2 rings (SSSR count). The number of carbonyl (C=O) groups is 1. The maximum Gasteiger partial charge on any atom is 0.254 e. The molecule has 86 valence electrons. The van der Waals surface area contributed by atoms with Gasteiger partial charge in [-0.15, -0.1) is 0 Å². The first-order valence-electron chi connectivity index (χ1n) is 5.72. The molecule has 0 aliphatic carbocycles. The molecule has 0 N–H and O–H groups in total. The van der Waals surface area contributed by atoms with Crippen molar-refractivity contribution in [3.05, 3.63) is 34.3 Å². The van der Waals surface area contributed by atoms with E-state index in [2.05, 4.69) is 22.9 Å². The molecule has 3 heteroatoms. The maximum absolute atomic E-state index is 12.2. The maximum atomic E-state index is 12.2. The van der Waals surface area contributed by atoms with Crippen LogP contribution in [0.3, 0.4) is 0 Å². The first kappa shape index (κ1) is 11.6. The van der Waals surface area contributed by atoms with E-state index in [-0.39, 0.29) is 5.91 Å². The predicted molar refractivity (Wildman–Crippen MR) is 68.4 cm³/mol. The third-order valence-electron chi connectivity index (χ3n) is 3.18. The van der Waals surface area contributed by atoms with Crippen molar-refractivity contribution in [1.29, 1.82) is 0 Å². The fraction of sp³-hybridized carbons (Fsp3) is 0.462. The van der Waals surface area contributed by atoms with Crippen molar-refractivity contribution in [2.24, 2.45) is 5.92 Å². The molecule has 0 radical (unpaired) electrons. The molecule has 1 saturated heterocycles. The molecule has 2 nitrogen and oxygen atoms in total. The Morgan fingerprint density at radius 2 is 1.94 bits per heavy atom. The van der Waals surface area contributed by atoms with E-state index in [1.165, 1.54) is 0 Å². The molecule has 0 unspecified atom stereocenters. The normalized spacial score (nSPS) is 17.5. The molecule has 0 spiro atoms. The van der Waals surface area contributed by atoms with Crippen LogP contribution in [0.15, 0.2) is 28.7 Å². The zero-order valence-electron chi connectivity index (χ0n) is 9.45. The lowest BCUT2D eigenvalue weighted by Crippen LogP contribution is -2.38. The molecule has 0 atom stereocenters. The number of hydrogen-bond donors (Lipinski definition) is 0. The summed E-state index contributed by atoms with van der Waals surface area (Å²) >= 11 is 3.43. The average Bonchev–Trinajstić information content (AvgIpc) is 2.30. The van der Waals surface area contributed by atoms with Gasteiger partial charge in [0.1, 0.15) is 0 Å². The topological polar surface area (TPSA) is 20.3 Å². The zero-order valence-corrected chi connectivity index (χ0v) is 11.0. The number of halogens is 1. The minimum absolute atomic E-state index is 0.152. The summed E-state index contributed by atoms with van der Waals surface area (Å²) in [6, 6.07) is 7.63. The highest BCUT2D eigenvalue weighted by Crippen LogP contribution is 2.22. The van der Waals surface area contributed by atoms with Gasteiger partial charge in [-0.1, -0.05) is 19.1 Å². The molecule has 0 bridgehead atoms. The number of nitrogens with zero attached hydrogens (tertiary/aromatic N) is 1. The Bertz CT molecular complexity index is 383. The number of likely N-dealkylation sites (tertiary alicyclic amines) is 1. The molecule has 1 aromatic rings. The first-order valence-corrected chi connectivity index (χ1v) is 6.51. The standard InChI is InChI=1S/C13H16BrNO/c1-10-6-8-15(9-7-10)13(16)11-4-2-3-5-12(11)14/h2-5,10H,6-9H2,1H3. The van der Waals surface area contributed by atoms with Crippen molar-refractivity contribution in [3.63, 3.8) is 0 Å². The van der Waals surface area contributed by atoms with E-state index in [9.17, 15) is 4.79 Å². The summed E-state index contributed by atoms with van der Waals surface area (Å²) in [5.74, 6) is 0.905. The molecule has 1 amide bonds. The summed E-state index contributed by atoms with van der Waals surface area (Å²) < 4.78 is 0.888. The Hall–Kier alpha value is -0.830. The second-order valence-corrected chi connectivity index (χ2v) is 5.31. The lowest BCUT2D eigenvalue weighted by Gasteiger charge is -2.30. The number of carbonyl (C=O) groups excluding carboxylic acids is 1. The van der Waals surface area contributed by atoms with Crippen LogP contribution in [-0.2, 0) is 0 Å². The van der Waals surface area contributed by atoms with E-state index in [0.29, 0.717) is 0 Å². The van der Waals surface area contributed by atoms with Gasteiger partial charge in [0.05, 0.1) is 5.56 Å². The van der Waals surface area contributed by atoms with E-state index < -0.39 is 0 Å². The summed E-state index contributed by atoms with van der Waals surface area (Å²) in [6.07, 6.45) is 2.24. The first-order chi connectivity index (χ1) is 7.68. The Morgan fingerprint density at radius 1 is 1.31 bits per heavy atom. The minimum Gasteiger partial charge on any atom is -0.339 e. The quantitative estimate of drug-likeness (QED) is 0.773. The van der Waals surface area contributed by atoms with Crippen LogP contribution in [0.4, 0.5) is 0 Å². The van der Waals surface area contributed by atoms with E-state index in [0.717, 1.165) is 41.9 Å². The largest absolute Gasteiger partial charge is 0.339 e. The molecule has 1 heterocycles. The van der Waals surface area contributed by atoms with Crippen molar-refractivity contribution in [2.75, 3.05) is 13.1 Å². The highest BCUT2D eigenvalue weighted by Gasteiger charge is 2.22. The van der Waals surface area contributed by atoms with Crippen molar-refractivity contribution in [3.8, 4) is 0 Å². The van der Waals surface area contributed by atoms with Gasteiger partial charge in [-0.2, -0.15) is 0 Å². The molecular weight excluding hydrogens is 266 g/mol. The Kier molecular flexibility index (Phi) is 3.64. The van der Waals surface area contributed by atoms with Crippen LogP contribution in [0.25, 0.3) is 0 Å². The average molecular weight is 282 g/mol. The van der Waals surface area contributed by atoms with Gasteiger partial charge in [-0.05, 0) is 46.8 Å². The van der Waals surface area contributed by atoms with Gasteiger partial charge < -0.3 is 4.90 Å². The SMILES string of the molecule is CC1CCN(C(=O)c2ccccc2Br)CC1. The summed E-state index contributed by atoms with van der Waals surface area (Å²) in [4.78, 5) is 14.2. The number of piperidine rings is 1. The highest BCUT2D eigenvalue weighted by molar-refractivity contribution is 9.10. The van der Waals surface area contributed by atoms with Gasteiger partial charge in [0.2, 0.25) is 0 Å². The van der Waals surface area contributed by atoms with Crippen LogP contribution < -0.4 is 0 Å². The molecule has 1 fully saturated rings. The third kappa shape index (κ3) is 2.46. The summed E-state index contributed by atoms with van der Waals surface area (Å²) in [5, 5.41) is 0. The fourth-order valence-electron chi connectivity index (χ4n) is 2.02. The van der Waals surface area contributed by atoms with Gasteiger partial charge in [0, 0.05) is 17.6 Å². The second-order valence-electron chi connectivity index (χ2n) is 4.45. The number of rotatable bonds is 1. The van der Waals surface area contributed by atoms with Crippen molar-refractivity contribution in [2.45, 2.75) is 19.8 Å². The monoisotopic (exact) mass is 281 g/mol. The lowest BCUT2D eigenvalue weighted by atomic mass is 9.98. The van der Waals surface area contributed by atoms with Crippen molar-refractivity contribution >= 4 is 21.8 Å². The van der Waals surface area contributed by atoms with Gasteiger partial charge in [0.15, 0.2) is 0 Å². The predicted octanol–water partition coefficient (Wildman–Crippen LogP) is 3.32. The van der Waals surface area contributed by atoms with E-state index in [1.54, 1.807) is 0 Å². The Balaban J connectivity index is 2.11. The van der Waals surface area contributed by atoms with Crippen LogP contribution in [0.1, 0.15) is 30.1 Å². The van der Waals surface area contributed by atoms with Crippen molar-refractivity contribution < 1.29 is 4.79 Å². The highest BCUT2D eigenvalue weighted by atomic mass is 79.9. The molecule has 0 aromatic heterocycles. The molecular formula is C13H16BrNO. The van der Waals surface area contributed by atoms with Crippen LogP contribution in [0.5, 0.6) is 0 Å². The van der Waals surface area contributed by atoms with Crippen molar-refractivity contribution in [1.82, 2.24) is 4.90 Å². The zero-order chi connectivity index (χ0) is 11.5. The van der Waals surface area contributed by atoms with Gasteiger partial charge in [0.25, 0.3) is 5.91 Å². The summed E-state index contributed by atoms with van der Waals surface area (Å²) in [7, 11) is 0. The van der Waals surface area contributed by atoms with E-state index in [4.69, 9.17) is 0 Å². The second kappa shape index (κ2) is 5.00. The number of amides is 1. The van der Waals surface area contributed by atoms with Gasteiger partial charge in [-0.3, -0.25) is 4.79 Å². The Morgan fingerprint density at radius 3 is 2.56 bits per heavy atom. The lowest BCUT2D eigenvalue weighted by molar-refractivity contribution is 0.0696. The smallest absolute Gasteiger partial charge is 0.254 e. The number of benzene rings is 1. The fourth-order valence-corrected chi connectivity index (χ4v) is 2.47.